The molecule has 0 radical (unpaired) electrons. The van der Waals surface area contributed by atoms with E-state index >= 15 is 0 Å². The predicted molar refractivity (Wildman–Crippen MR) is 35.2 cm³/mol. The van der Waals surface area contributed by atoms with Crippen LogP contribution < -0.4 is 10.9 Å². The largest absolute Gasteiger partial charge is 0.330 e. The number of aliphatic imine (C=N–C) groups is 1. The first-order valence-electron chi connectivity index (χ1n) is 3.20. The second-order valence-electron chi connectivity index (χ2n) is 2.30. The topological polar surface area (TPSA) is 56.7 Å². The van der Waals surface area contributed by atoms with Gasteiger partial charge in [-0.3, -0.25) is 15.6 Å². The molecule has 0 aromatic rings. The lowest BCUT2D eigenvalue weighted by Gasteiger charge is -2.25. The maximum atomic E-state index is 10.7. The zero-order valence-electron chi connectivity index (χ0n) is 5.42. The minimum absolute atomic E-state index is 0.000787. The van der Waals surface area contributed by atoms with Crippen LogP contribution in [0.25, 0.3) is 0 Å². The van der Waals surface area contributed by atoms with E-state index in [1.807, 2.05) is 4.90 Å². The average molecular weight is 140 g/mol. The molecule has 5 heteroatoms. The molecule has 0 spiro atoms. The summed E-state index contributed by atoms with van der Waals surface area (Å²) < 4.78 is 0. The summed E-state index contributed by atoms with van der Waals surface area (Å²) in [5, 5.41) is 0. The van der Waals surface area contributed by atoms with E-state index in [9.17, 15) is 4.79 Å². The first-order valence-corrected chi connectivity index (χ1v) is 3.20. The van der Waals surface area contributed by atoms with Crippen molar-refractivity contribution >= 4 is 11.9 Å². The average Bonchev–Trinajstić information content (AvgIpc) is 2.33. The fourth-order valence-electron chi connectivity index (χ4n) is 1.09. The Hall–Kier alpha value is -1.26. The van der Waals surface area contributed by atoms with Crippen molar-refractivity contribution in [2.75, 3.05) is 19.6 Å². The molecule has 1 fully saturated rings. The minimum atomic E-state index is 0.000787. The third-order valence-electron chi connectivity index (χ3n) is 1.58. The molecule has 2 aliphatic heterocycles. The molecule has 0 bridgehead atoms. The van der Waals surface area contributed by atoms with E-state index in [1.54, 1.807) is 0 Å². The number of rotatable bonds is 0. The lowest BCUT2D eigenvalue weighted by Crippen LogP contribution is -2.57. The smallest absolute Gasteiger partial charge is 0.258 e. The predicted octanol–water partition coefficient (Wildman–Crippen LogP) is -1.71. The number of nitrogens with one attached hydrogen (secondary N) is 2. The molecular weight excluding hydrogens is 132 g/mol. The summed E-state index contributed by atoms with van der Waals surface area (Å²) in [6.45, 7) is 2.08. The molecule has 0 aliphatic carbocycles. The lowest BCUT2D eigenvalue weighted by molar-refractivity contribution is -0.123. The van der Waals surface area contributed by atoms with Crippen molar-refractivity contribution in [3.05, 3.63) is 0 Å². The van der Waals surface area contributed by atoms with Crippen LogP contribution in [-0.2, 0) is 4.79 Å². The van der Waals surface area contributed by atoms with Crippen LogP contribution in [0, 0.1) is 0 Å². The van der Waals surface area contributed by atoms with Crippen LogP contribution in [0.4, 0.5) is 0 Å². The van der Waals surface area contributed by atoms with Crippen molar-refractivity contribution in [3.8, 4) is 0 Å². The number of fused-ring (bicyclic) bond motifs is 1. The van der Waals surface area contributed by atoms with Gasteiger partial charge in [-0.05, 0) is 0 Å². The first-order chi connectivity index (χ1) is 4.86. The second kappa shape index (κ2) is 1.86. The fraction of sp³-hybridized carbons (Fsp3) is 0.600. The van der Waals surface area contributed by atoms with E-state index in [2.05, 4.69) is 15.8 Å². The van der Waals surface area contributed by atoms with Crippen molar-refractivity contribution in [2.45, 2.75) is 0 Å². The molecule has 2 aliphatic rings. The molecule has 2 N–H and O–H groups in total. The Balaban J connectivity index is 2.13. The Labute approximate surface area is 58.1 Å². The quantitative estimate of drug-likeness (QED) is 0.421. The van der Waals surface area contributed by atoms with E-state index in [-0.39, 0.29) is 5.91 Å². The van der Waals surface area contributed by atoms with E-state index in [0.717, 1.165) is 19.0 Å². The summed E-state index contributed by atoms with van der Waals surface area (Å²) in [4.78, 5) is 16.8. The maximum Gasteiger partial charge on any atom is 0.258 e. The molecule has 2 heterocycles. The van der Waals surface area contributed by atoms with E-state index < -0.39 is 0 Å². The number of carbonyl (C=O) groups excluding carboxylic acids is 1. The monoisotopic (exact) mass is 140 g/mol. The normalized spacial score (nSPS) is 23.0. The molecule has 1 amide bonds. The third kappa shape index (κ3) is 0.706. The summed E-state index contributed by atoms with van der Waals surface area (Å²) >= 11 is 0. The zero-order valence-corrected chi connectivity index (χ0v) is 5.42. The SMILES string of the molecule is O=C1CN2CCN=C2NN1. The van der Waals surface area contributed by atoms with E-state index in [4.69, 9.17) is 0 Å². The molecule has 10 heavy (non-hydrogen) atoms. The van der Waals surface area contributed by atoms with Gasteiger partial charge in [0.15, 0.2) is 0 Å². The van der Waals surface area contributed by atoms with Crippen molar-refractivity contribution in [1.82, 2.24) is 15.8 Å². The Morgan fingerprint density at radius 2 is 2.40 bits per heavy atom. The van der Waals surface area contributed by atoms with Crippen molar-refractivity contribution in [2.24, 2.45) is 4.99 Å². The van der Waals surface area contributed by atoms with Gasteiger partial charge in [0.2, 0.25) is 5.96 Å². The summed E-state index contributed by atoms with van der Waals surface area (Å²) in [7, 11) is 0. The number of hydrazine groups is 1. The van der Waals surface area contributed by atoms with Crippen LogP contribution in [0.1, 0.15) is 0 Å². The number of hydrogen-bond acceptors (Lipinski definition) is 4. The van der Waals surface area contributed by atoms with Gasteiger partial charge in [0.05, 0.1) is 6.54 Å². The highest BCUT2D eigenvalue weighted by Crippen LogP contribution is 2.00. The Kier molecular flexibility index (Phi) is 1.03. The summed E-state index contributed by atoms with van der Waals surface area (Å²) in [6.07, 6.45) is 0. The minimum Gasteiger partial charge on any atom is -0.330 e. The number of nitrogens with zero attached hydrogens (tertiary/aromatic N) is 2. The molecule has 1 saturated heterocycles. The van der Waals surface area contributed by atoms with Gasteiger partial charge >= 0.3 is 0 Å². The van der Waals surface area contributed by atoms with Gasteiger partial charge in [0, 0.05) is 6.54 Å². The Morgan fingerprint density at radius 3 is 3.30 bits per heavy atom. The van der Waals surface area contributed by atoms with Crippen LogP contribution in [0.5, 0.6) is 0 Å². The number of hydrogen-bond donors (Lipinski definition) is 2. The molecule has 5 nitrogen and oxygen atoms in total. The van der Waals surface area contributed by atoms with Gasteiger partial charge in [-0.15, -0.1) is 0 Å². The van der Waals surface area contributed by atoms with Gasteiger partial charge in [-0.2, -0.15) is 0 Å². The summed E-state index contributed by atoms with van der Waals surface area (Å²) in [6, 6.07) is 0. The molecular formula is C5H8N4O. The van der Waals surface area contributed by atoms with Gasteiger partial charge < -0.3 is 4.90 Å². The Bertz CT molecular complexity index is 200. The van der Waals surface area contributed by atoms with E-state index in [0.29, 0.717) is 6.54 Å². The third-order valence-corrected chi connectivity index (χ3v) is 1.58. The van der Waals surface area contributed by atoms with Crippen LogP contribution in [0.2, 0.25) is 0 Å². The van der Waals surface area contributed by atoms with Crippen LogP contribution in [0.3, 0.4) is 0 Å². The molecule has 0 atom stereocenters. The molecule has 0 unspecified atom stereocenters. The fourth-order valence-corrected chi connectivity index (χ4v) is 1.09. The lowest BCUT2D eigenvalue weighted by atomic mass is 10.5. The maximum absolute atomic E-state index is 10.7. The molecule has 54 valence electrons. The second-order valence-corrected chi connectivity index (χ2v) is 2.30. The Morgan fingerprint density at radius 1 is 1.50 bits per heavy atom. The molecule has 0 aromatic heterocycles. The van der Waals surface area contributed by atoms with Crippen molar-refractivity contribution in [3.63, 3.8) is 0 Å². The number of guanidine groups is 1. The number of carbonyl (C=O) groups is 1. The van der Waals surface area contributed by atoms with Crippen LogP contribution in [-0.4, -0.2) is 36.4 Å². The molecule has 0 saturated carbocycles. The van der Waals surface area contributed by atoms with Gasteiger partial charge in [0.1, 0.15) is 6.54 Å². The molecule has 2 rings (SSSR count). The van der Waals surface area contributed by atoms with Crippen molar-refractivity contribution in [1.29, 1.82) is 0 Å². The highest BCUT2D eigenvalue weighted by atomic mass is 16.2. The summed E-state index contributed by atoms with van der Waals surface area (Å²) in [5.41, 5.74) is 5.20. The van der Waals surface area contributed by atoms with Gasteiger partial charge in [0.25, 0.3) is 5.91 Å². The van der Waals surface area contributed by atoms with Gasteiger partial charge in [-0.1, -0.05) is 0 Å². The molecule has 0 aromatic carbocycles. The van der Waals surface area contributed by atoms with Crippen molar-refractivity contribution < 1.29 is 4.79 Å². The van der Waals surface area contributed by atoms with Crippen LogP contribution in [0.15, 0.2) is 4.99 Å². The van der Waals surface area contributed by atoms with Gasteiger partial charge in [-0.25, -0.2) is 4.99 Å². The summed E-state index contributed by atoms with van der Waals surface area (Å²) in [5.74, 6) is 0.792. The highest BCUT2D eigenvalue weighted by molar-refractivity contribution is 5.92. The standard InChI is InChI=1S/C5H8N4O/c10-4-3-9-2-1-6-5(9)8-7-4/h1-3H2,(H,6,8)(H,7,10). The highest BCUT2D eigenvalue weighted by Gasteiger charge is 2.23. The zero-order chi connectivity index (χ0) is 6.97. The first kappa shape index (κ1) is 5.52. The number of amides is 1. The van der Waals surface area contributed by atoms with Crippen LogP contribution >= 0.6 is 0 Å². The van der Waals surface area contributed by atoms with E-state index in [1.165, 1.54) is 0 Å².